The summed E-state index contributed by atoms with van der Waals surface area (Å²) in [7, 11) is 0. The van der Waals surface area contributed by atoms with Gasteiger partial charge in [0.1, 0.15) is 0 Å². The number of carbonyl (C=O) groups excluding carboxylic acids is 2. The van der Waals surface area contributed by atoms with Crippen LogP contribution in [0.5, 0.6) is 0 Å². The van der Waals surface area contributed by atoms with Gasteiger partial charge in [0.15, 0.2) is 0 Å². The number of rotatable bonds is 8. The monoisotopic (exact) mass is 314 g/mol. The summed E-state index contributed by atoms with van der Waals surface area (Å²) in [5.41, 5.74) is 6.39. The Hall–Kier alpha value is -3.16. The minimum absolute atomic E-state index is 0.218. The summed E-state index contributed by atoms with van der Waals surface area (Å²) < 4.78 is 0. The van der Waals surface area contributed by atoms with Crippen LogP contribution in [0.2, 0.25) is 0 Å². The molecule has 0 radical (unpaired) electrons. The molecular weight excluding hydrogens is 296 g/mol. The molecule has 120 valence electrons. The zero-order valence-electron chi connectivity index (χ0n) is 12.5. The first-order chi connectivity index (χ1) is 11.2. The number of aromatic amines is 2. The lowest BCUT2D eigenvalue weighted by Crippen LogP contribution is -2.20. The Bertz CT molecular complexity index is 600. The Morgan fingerprint density at radius 1 is 0.913 bits per heavy atom. The lowest BCUT2D eigenvalue weighted by Gasteiger charge is -2.00. The summed E-state index contributed by atoms with van der Waals surface area (Å²) in [6.07, 6.45) is 7.42. The number of hydrazone groups is 2. The standard InChI is InChI=1S/C15H18N6O2/c22-14(20-18-10-12-4-2-8-16-12)6-1-7-15(23)21-19-11-13-5-3-9-17-13/h2-5,8-11,16-17H,1,6-7H2,(H,20,22)(H,21,23)/b18-10+,19-11+. The molecule has 0 fully saturated rings. The van der Waals surface area contributed by atoms with Crippen molar-refractivity contribution in [3.05, 3.63) is 48.0 Å². The first-order valence-electron chi connectivity index (χ1n) is 7.14. The second-order valence-corrected chi connectivity index (χ2v) is 4.69. The van der Waals surface area contributed by atoms with Crippen LogP contribution in [0.3, 0.4) is 0 Å². The van der Waals surface area contributed by atoms with Gasteiger partial charge in [-0.1, -0.05) is 0 Å². The molecule has 2 rings (SSSR count). The lowest BCUT2D eigenvalue weighted by atomic mass is 10.2. The Labute approximate surface area is 133 Å². The van der Waals surface area contributed by atoms with Crippen LogP contribution in [0.4, 0.5) is 0 Å². The normalized spacial score (nSPS) is 11.1. The van der Waals surface area contributed by atoms with Crippen molar-refractivity contribution in [2.24, 2.45) is 10.2 Å². The van der Waals surface area contributed by atoms with Crippen LogP contribution >= 0.6 is 0 Å². The molecule has 8 heteroatoms. The van der Waals surface area contributed by atoms with Gasteiger partial charge in [0.25, 0.3) is 0 Å². The third kappa shape index (κ3) is 6.42. The first kappa shape index (κ1) is 16.2. The zero-order chi connectivity index (χ0) is 16.3. The molecule has 0 aliphatic carbocycles. The van der Waals surface area contributed by atoms with Gasteiger partial charge < -0.3 is 9.97 Å². The van der Waals surface area contributed by atoms with Crippen LogP contribution in [-0.2, 0) is 9.59 Å². The number of nitrogens with one attached hydrogen (secondary N) is 4. The predicted molar refractivity (Wildman–Crippen MR) is 86.9 cm³/mol. The van der Waals surface area contributed by atoms with Crippen molar-refractivity contribution in [3.63, 3.8) is 0 Å². The van der Waals surface area contributed by atoms with E-state index in [2.05, 4.69) is 31.0 Å². The highest BCUT2D eigenvalue weighted by Crippen LogP contribution is 1.96. The van der Waals surface area contributed by atoms with E-state index >= 15 is 0 Å². The van der Waals surface area contributed by atoms with Crippen molar-refractivity contribution >= 4 is 24.2 Å². The molecule has 4 N–H and O–H groups in total. The molecule has 0 saturated carbocycles. The van der Waals surface area contributed by atoms with Crippen molar-refractivity contribution in [1.82, 2.24) is 20.8 Å². The molecule has 0 saturated heterocycles. The van der Waals surface area contributed by atoms with E-state index in [9.17, 15) is 9.59 Å². The van der Waals surface area contributed by atoms with Gasteiger partial charge in [-0.05, 0) is 30.7 Å². The van der Waals surface area contributed by atoms with Gasteiger partial charge in [-0.25, -0.2) is 10.9 Å². The lowest BCUT2D eigenvalue weighted by molar-refractivity contribution is -0.122. The highest BCUT2D eigenvalue weighted by Gasteiger charge is 2.03. The minimum atomic E-state index is -0.240. The maximum absolute atomic E-state index is 11.5. The number of aromatic nitrogens is 2. The third-order valence-corrected chi connectivity index (χ3v) is 2.84. The smallest absolute Gasteiger partial charge is 0.240 e. The van der Waals surface area contributed by atoms with E-state index in [1.165, 1.54) is 12.4 Å². The summed E-state index contributed by atoms with van der Waals surface area (Å²) in [6, 6.07) is 7.32. The molecule has 0 bridgehead atoms. The van der Waals surface area contributed by atoms with Crippen molar-refractivity contribution < 1.29 is 9.59 Å². The largest absolute Gasteiger partial charge is 0.360 e. The maximum atomic E-state index is 11.5. The van der Waals surface area contributed by atoms with E-state index in [4.69, 9.17) is 0 Å². The third-order valence-electron chi connectivity index (χ3n) is 2.84. The number of hydrogen-bond acceptors (Lipinski definition) is 4. The number of amides is 2. The van der Waals surface area contributed by atoms with Gasteiger partial charge in [0, 0.05) is 25.2 Å². The van der Waals surface area contributed by atoms with Gasteiger partial charge >= 0.3 is 0 Å². The molecule has 0 aliphatic rings. The number of nitrogens with zero attached hydrogens (tertiary/aromatic N) is 2. The van der Waals surface area contributed by atoms with Gasteiger partial charge in [-0.3, -0.25) is 9.59 Å². The average Bonchev–Trinajstić information content (AvgIpc) is 3.20. The number of H-pyrrole nitrogens is 2. The summed E-state index contributed by atoms with van der Waals surface area (Å²) in [5, 5.41) is 7.61. The average molecular weight is 314 g/mol. The molecule has 23 heavy (non-hydrogen) atoms. The fourth-order valence-electron chi connectivity index (χ4n) is 1.72. The Balaban J connectivity index is 1.56. The summed E-state index contributed by atoms with van der Waals surface area (Å²) in [5.74, 6) is -0.481. The molecule has 0 aromatic carbocycles. The quantitative estimate of drug-likeness (QED) is 0.432. The van der Waals surface area contributed by atoms with E-state index < -0.39 is 0 Å². The van der Waals surface area contributed by atoms with Crippen LogP contribution in [0.1, 0.15) is 30.7 Å². The van der Waals surface area contributed by atoms with Gasteiger partial charge in [0.05, 0.1) is 23.8 Å². The molecule has 0 spiro atoms. The molecule has 0 aliphatic heterocycles. The molecule has 0 atom stereocenters. The van der Waals surface area contributed by atoms with Crippen molar-refractivity contribution in [2.45, 2.75) is 19.3 Å². The Morgan fingerprint density at radius 3 is 1.78 bits per heavy atom. The van der Waals surface area contributed by atoms with E-state index in [0.717, 1.165) is 11.4 Å². The maximum Gasteiger partial charge on any atom is 0.240 e. The SMILES string of the molecule is O=C(CCCC(=O)N/N=C/c1ccc[nH]1)N/N=C/c1ccc[nH]1. The summed E-state index contributed by atoms with van der Waals surface area (Å²) in [4.78, 5) is 28.9. The van der Waals surface area contributed by atoms with Crippen LogP contribution < -0.4 is 10.9 Å². The van der Waals surface area contributed by atoms with Gasteiger partial charge in [0.2, 0.25) is 11.8 Å². The zero-order valence-corrected chi connectivity index (χ0v) is 12.5. The highest BCUT2D eigenvalue weighted by atomic mass is 16.2. The molecule has 0 unspecified atom stereocenters. The Kier molecular flexibility index (Phi) is 6.33. The number of carbonyl (C=O) groups is 2. The topological polar surface area (TPSA) is 114 Å². The van der Waals surface area contributed by atoms with E-state index in [1.807, 2.05) is 24.3 Å². The highest BCUT2D eigenvalue weighted by molar-refractivity contribution is 5.82. The Morgan fingerprint density at radius 2 is 1.39 bits per heavy atom. The molecule has 2 amide bonds. The van der Waals surface area contributed by atoms with Crippen molar-refractivity contribution in [1.29, 1.82) is 0 Å². The molecule has 2 heterocycles. The fraction of sp³-hybridized carbons (Fsp3) is 0.200. The molecule has 2 aromatic rings. The van der Waals surface area contributed by atoms with Crippen molar-refractivity contribution in [3.8, 4) is 0 Å². The van der Waals surface area contributed by atoms with Crippen molar-refractivity contribution in [2.75, 3.05) is 0 Å². The first-order valence-corrected chi connectivity index (χ1v) is 7.14. The minimum Gasteiger partial charge on any atom is -0.360 e. The van der Waals surface area contributed by atoms with Crippen LogP contribution in [0, 0.1) is 0 Å². The van der Waals surface area contributed by atoms with E-state index in [1.54, 1.807) is 12.4 Å². The molecular formula is C15H18N6O2. The van der Waals surface area contributed by atoms with Crippen LogP contribution in [-0.4, -0.2) is 34.2 Å². The summed E-state index contributed by atoms with van der Waals surface area (Å²) in [6.45, 7) is 0. The molecule has 2 aromatic heterocycles. The predicted octanol–water partition coefficient (Wildman–Crippen LogP) is 1.11. The van der Waals surface area contributed by atoms with Crippen LogP contribution in [0.25, 0.3) is 0 Å². The second kappa shape index (κ2) is 8.98. The van der Waals surface area contributed by atoms with E-state index in [0.29, 0.717) is 6.42 Å². The van der Waals surface area contributed by atoms with Gasteiger partial charge in [-0.15, -0.1) is 0 Å². The van der Waals surface area contributed by atoms with Crippen LogP contribution in [0.15, 0.2) is 46.9 Å². The second-order valence-electron chi connectivity index (χ2n) is 4.69. The molecule has 8 nitrogen and oxygen atoms in total. The number of hydrogen-bond donors (Lipinski definition) is 4. The van der Waals surface area contributed by atoms with E-state index in [-0.39, 0.29) is 24.7 Å². The van der Waals surface area contributed by atoms with Gasteiger partial charge in [-0.2, -0.15) is 10.2 Å². The fourth-order valence-corrected chi connectivity index (χ4v) is 1.72. The summed E-state index contributed by atoms with van der Waals surface area (Å²) >= 11 is 0.